The summed E-state index contributed by atoms with van der Waals surface area (Å²) in [5.74, 6) is -4.55. The van der Waals surface area contributed by atoms with E-state index in [1.165, 1.54) is 6.92 Å². The molecule has 4 rings (SSSR count). The molecule has 1 aliphatic heterocycles. The number of aliphatic hydroxyl groups excluding tert-OH is 3. The number of rotatable bonds is 3. The van der Waals surface area contributed by atoms with Gasteiger partial charge in [0.15, 0.2) is 23.0 Å². The minimum atomic E-state index is -1.80. The Morgan fingerprint density at radius 2 is 1.48 bits per heavy atom. The van der Waals surface area contributed by atoms with Crippen LogP contribution < -0.4 is 10.2 Å². The van der Waals surface area contributed by atoms with E-state index in [4.69, 9.17) is 13.9 Å². The maximum absolute atomic E-state index is 13.2. The van der Waals surface area contributed by atoms with Crippen LogP contribution in [0.3, 0.4) is 0 Å². The quantitative estimate of drug-likeness (QED) is 0.244. The fourth-order valence-corrected chi connectivity index (χ4v) is 3.53. The largest absolute Gasteiger partial charge is 0.508 e. The van der Waals surface area contributed by atoms with Crippen LogP contribution >= 0.6 is 0 Å². The van der Waals surface area contributed by atoms with Gasteiger partial charge < -0.3 is 54.7 Å². The van der Waals surface area contributed by atoms with Crippen LogP contribution in [0.25, 0.3) is 22.3 Å². The van der Waals surface area contributed by atoms with E-state index < -0.39 is 81.8 Å². The number of hydrogen-bond acceptors (Lipinski definition) is 12. The Labute approximate surface area is 184 Å². The number of fused-ring (bicyclic) bond motifs is 1. The highest BCUT2D eigenvalue weighted by atomic mass is 16.7. The average molecular weight is 464 g/mol. The van der Waals surface area contributed by atoms with Crippen LogP contribution in [-0.4, -0.2) is 71.6 Å². The minimum absolute atomic E-state index is 0.168. The lowest BCUT2D eigenvalue weighted by Gasteiger charge is -2.38. The Morgan fingerprint density at radius 1 is 0.848 bits per heavy atom. The smallest absolute Gasteiger partial charge is 0.239 e. The van der Waals surface area contributed by atoms with Crippen molar-refractivity contribution in [3.05, 3.63) is 34.5 Å². The van der Waals surface area contributed by atoms with Crippen LogP contribution in [0.5, 0.6) is 34.5 Å². The van der Waals surface area contributed by atoms with Gasteiger partial charge >= 0.3 is 0 Å². The van der Waals surface area contributed by atoms with E-state index in [2.05, 4.69) is 0 Å². The Balaban J connectivity index is 1.95. The Hall–Kier alpha value is -3.71. The zero-order valence-corrected chi connectivity index (χ0v) is 16.9. The van der Waals surface area contributed by atoms with Gasteiger partial charge in [0.05, 0.1) is 6.10 Å². The summed E-state index contributed by atoms with van der Waals surface area (Å²) in [6, 6.07) is 3.79. The van der Waals surface area contributed by atoms with Crippen molar-refractivity contribution in [2.24, 2.45) is 0 Å². The van der Waals surface area contributed by atoms with E-state index in [9.17, 15) is 45.6 Å². The van der Waals surface area contributed by atoms with E-state index >= 15 is 0 Å². The van der Waals surface area contributed by atoms with Crippen molar-refractivity contribution in [3.8, 4) is 45.8 Å². The third kappa shape index (κ3) is 3.74. The zero-order valence-electron chi connectivity index (χ0n) is 16.9. The molecule has 3 aromatic rings. The first-order valence-corrected chi connectivity index (χ1v) is 9.64. The third-order valence-corrected chi connectivity index (χ3v) is 5.29. The SMILES string of the molecule is C[C@@H]1O[C@H](Oc2c(-c3cc(O)c(O)c(O)c3)oc3cc(O)cc(O)c3c2=O)[C@@H](O)[C@H](O)[C@H]1O. The van der Waals surface area contributed by atoms with Crippen molar-refractivity contribution in [2.45, 2.75) is 37.6 Å². The van der Waals surface area contributed by atoms with Gasteiger partial charge in [-0.25, -0.2) is 0 Å². The molecule has 33 heavy (non-hydrogen) atoms. The number of aliphatic hydroxyl groups is 3. The van der Waals surface area contributed by atoms with Gasteiger partial charge in [0.2, 0.25) is 17.5 Å². The lowest BCUT2D eigenvalue weighted by molar-refractivity contribution is -0.268. The second kappa shape index (κ2) is 8.01. The monoisotopic (exact) mass is 464 g/mol. The highest BCUT2D eigenvalue weighted by Gasteiger charge is 2.44. The molecular weight excluding hydrogens is 444 g/mol. The number of aromatic hydroxyl groups is 5. The van der Waals surface area contributed by atoms with Crippen LogP contribution in [-0.2, 0) is 4.74 Å². The number of phenolic OH excluding ortho intramolecular Hbond substituents is 5. The predicted molar refractivity (Wildman–Crippen MR) is 109 cm³/mol. The standard InChI is InChI=1S/C21H20O12/c1-6-14(26)17(29)18(30)21(31-6)33-20-16(28)13-9(23)4-8(22)5-12(13)32-19(20)7-2-10(24)15(27)11(25)3-7/h2-6,14,17-18,21-27,29-30H,1H3/t6-,14-,17+,18-,21+/m0/s1. The van der Waals surface area contributed by atoms with Crippen LogP contribution in [0.15, 0.2) is 33.5 Å². The maximum atomic E-state index is 13.2. The Kier molecular flexibility index (Phi) is 5.46. The van der Waals surface area contributed by atoms with E-state index in [0.29, 0.717) is 0 Å². The zero-order chi connectivity index (χ0) is 24.2. The first-order chi connectivity index (χ1) is 15.5. The van der Waals surface area contributed by atoms with Crippen molar-refractivity contribution in [1.82, 2.24) is 0 Å². The molecule has 12 nitrogen and oxygen atoms in total. The van der Waals surface area contributed by atoms with Gasteiger partial charge in [-0.1, -0.05) is 0 Å². The second-order valence-electron chi connectivity index (χ2n) is 7.59. The molecule has 0 spiro atoms. The molecule has 5 atom stereocenters. The van der Waals surface area contributed by atoms with Crippen LogP contribution in [0.2, 0.25) is 0 Å². The summed E-state index contributed by atoms with van der Waals surface area (Å²) in [7, 11) is 0. The predicted octanol–water partition coefficient (Wildman–Crippen LogP) is 0.194. The lowest BCUT2D eigenvalue weighted by atomic mass is 10.00. The number of hydrogen-bond donors (Lipinski definition) is 8. The minimum Gasteiger partial charge on any atom is -0.508 e. The summed E-state index contributed by atoms with van der Waals surface area (Å²) in [5, 5.41) is 79.1. The van der Waals surface area contributed by atoms with Crippen molar-refractivity contribution in [2.75, 3.05) is 0 Å². The summed E-state index contributed by atoms with van der Waals surface area (Å²) < 4.78 is 16.5. The lowest BCUT2D eigenvalue weighted by Crippen LogP contribution is -2.58. The fraction of sp³-hybridized carbons (Fsp3) is 0.286. The van der Waals surface area contributed by atoms with Crippen LogP contribution in [0, 0.1) is 0 Å². The molecule has 0 bridgehead atoms. The van der Waals surface area contributed by atoms with Crippen LogP contribution in [0.4, 0.5) is 0 Å². The molecule has 0 amide bonds. The molecule has 1 aliphatic rings. The summed E-state index contributed by atoms with van der Waals surface area (Å²) in [5.41, 5.74) is -1.45. The van der Waals surface area contributed by atoms with Gasteiger partial charge in [-0.3, -0.25) is 4.79 Å². The fourth-order valence-electron chi connectivity index (χ4n) is 3.53. The molecule has 12 heteroatoms. The highest BCUT2D eigenvalue weighted by Crippen LogP contribution is 2.43. The topological polar surface area (TPSA) is 211 Å². The Morgan fingerprint density at radius 3 is 2.12 bits per heavy atom. The third-order valence-electron chi connectivity index (χ3n) is 5.29. The van der Waals surface area contributed by atoms with Crippen molar-refractivity contribution >= 4 is 11.0 Å². The molecule has 0 aliphatic carbocycles. The van der Waals surface area contributed by atoms with E-state index in [1.54, 1.807) is 0 Å². The molecule has 1 aromatic heterocycles. The molecule has 2 heterocycles. The molecule has 0 radical (unpaired) electrons. The summed E-state index contributed by atoms with van der Waals surface area (Å²) >= 11 is 0. The molecule has 0 unspecified atom stereocenters. The van der Waals surface area contributed by atoms with Crippen LogP contribution in [0.1, 0.15) is 6.92 Å². The molecular formula is C21H20O12. The van der Waals surface area contributed by atoms with Gasteiger partial charge in [0, 0.05) is 17.7 Å². The summed E-state index contributed by atoms with van der Waals surface area (Å²) in [4.78, 5) is 13.2. The normalized spacial score (nSPS) is 25.3. The number of ether oxygens (including phenoxy) is 2. The first-order valence-electron chi connectivity index (χ1n) is 9.64. The van der Waals surface area contributed by atoms with Gasteiger partial charge in [0.25, 0.3) is 0 Å². The van der Waals surface area contributed by atoms with Crippen molar-refractivity contribution in [3.63, 3.8) is 0 Å². The van der Waals surface area contributed by atoms with Crippen molar-refractivity contribution < 1.29 is 54.7 Å². The molecule has 176 valence electrons. The van der Waals surface area contributed by atoms with E-state index in [1.807, 2.05) is 0 Å². The van der Waals surface area contributed by atoms with Gasteiger partial charge in [-0.15, -0.1) is 0 Å². The van der Waals surface area contributed by atoms with Crippen molar-refractivity contribution in [1.29, 1.82) is 0 Å². The van der Waals surface area contributed by atoms with E-state index in [-0.39, 0.29) is 11.1 Å². The molecule has 2 aromatic carbocycles. The van der Waals surface area contributed by atoms with Gasteiger partial charge in [-0.05, 0) is 19.1 Å². The molecule has 1 fully saturated rings. The molecule has 0 saturated carbocycles. The Bertz CT molecular complexity index is 1260. The second-order valence-corrected chi connectivity index (χ2v) is 7.59. The van der Waals surface area contributed by atoms with E-state index in [0.717, 1.165) is 24.3 Å². The average Bonchev–Trinajstić information content (AvgIpc) is 2.74. The number of benzene rings is 2. The maximum Gasteiger partial charge on any atom is 0.239 e. The number of phenols is 5. The highest BCUT2D eigenvalue weighted by molar-refractivity contribution is 5.88. The summed E-state index contributed by atoms with van der Waals surface area (Å²) in [6.45, 7) is 1.39. The molecule has 1 saturated heterocycles. The molecule has 8 N–H and O–H groups in total. The van der Waals surface area contributed by atoms with Gasteiger partial charge in [0.1, 0.15) is 40.8 Å². The first kappa shape index (κ1) is 22.5. The van der Waals surface area contributed by atoms with Gasteiger partial charge in [-0.2, -0.15) is 0 Å². The summed E-state index contributed by atoms with van der Waals surface area (Å²) in [6.07, 6.45) is -7.59.